The number of carbonyl (C=O) groups is 2. The highest BCUT2D eigenvalue weighted by Gasteiger charge is 2.19. The van der Waals surface area contributed by atoms with Crippen LogP contribution in [0.15, 0.2) is 47.3 Å². The second kappa shape index (κ2) is 7.70. The van der Waals surface area contributed by atoms with Crippen molar-refractivity contribution in [1.82, 2.24) is 15.0 Å². The topological polar surface area (TPSA) is 123 Å². The van der Waals surface area contributed by atoms with Crippen molar-refractivity contribution >= 4 is 34.1 Å². The number of anilines is 2. The van der Waals surface area contributed by atoms with Crippen LogP contribution in [0.25, 0.3) is 10.9 Å². The average molecular weight is 392 g/mol. The summed E-state index contributed by atoms with van der Waals surface area (Å²) in [6.07, 6.45) is 2.13. The van der Waals surface area contributed by atoms with Crippen molar-refractivity contribution in [3.05, 3.63) is 58.4 Å². The lowest BCUT2D eigenvalue weighted by Gasteiger charge is -2.22. The Labute approximate surface area is 166 Å². The van der Waals surface area contributed by atoms with Crippen LogP contribution in [-0.4, -0.2) is 39.9 Å². The van der Waals surface area contributed by atoms with Gasteiger partial charge in [-0.25, -0.2) is 4.68 Å². The van der Waals surface area contributed by atoms with Gasteiger partial charge < -0.3 is 16.0 Å². The molecule has 1 aliphatic heterocycles. The Kier molecular flexibility index (Phi) is 4.94. The molecule has 1 saturated heterocycles. The fourth-order valence-corrected chi connectivity index (χ4v) is 3.48. The van der Waals surface area contributed by atoms with E-state index in [1.54, 1.807) is 42.5 Å². The maximum absolute atomic E-state index is 12.6. The Morgan fingerprint density at radius 1 is 1.10 bits per heavy atom. The van der Waals surface area contributed by atoms with E-state index in [1.165, 1.54) is 0 Å². The number of carbonyl (C=O) groups excluding carboxylic acids is 2. The lowest BCUT2D eigenvalue weighted by molar-refractivity contribution is -0.117. The maximum atomic E-state index is 12.6. The Balaban J connectivity index is 1.61. The number of primary amides is 1. The summed E-state index contributed by atoms with van der Waals surface area (Å²) < 4.78 is 1.02. The van der Waals surface area contributed by atoms with E-state index in [0.29, 0.717) is 22.2 Å². The summed E-state index contributed by atoms with van der Waals surface area (Å²) in [5.41, 5.74) is 7.06. The van der Waals surface area contributed by atoms with Crippen LogP contribution in [-0.2, 0) is 11.3 Å². The lowest BCUT2D eigenvalue weighted by Crippen LogP contribution is -2.31. The number of nitrogens with zero attached hydrogens (tertiary/aromatic N) is 4. The zero-order valence-corrected chi connectivity index (χ0v) is 15.7. The molecule has 9 heteroatoms. The molecule has 4 rings (SSSR count). The summed E-state index contributed by atoms with van der Waals surface area (Å²) in [7, 11) is 0. The predicted molar refractivity (Wildman–Crippen MR) is 109 cm³/mol. The maximum Gasteiger partial charge on any atom is 0.278 e. The largest absolute Gasteiger partial charge is 0.370 e. The number of aromatic nitrogens is 3. The molecule has 0 atom stereocenters. The fourth-order valence-electron chi connectivity index (χ4n) is 3.48. The Morgan fingerprint density at radius 2 is 1.86 bits per heavy atom. The molecule has 9 nitrogen and oxygen atoms in total. The van der Waals surface area contributed by atoms with Gasteiger partial charge in [-0.05, 0) is 43.2 Å². The summed E-state index contributed by atoms with van der Waals surface area (Å²) in [6.45, 7) is 1.44. The van der Waals surface area contributed by atoms with Crippen LogP contribution in [0.4, 0.5) is 11.4 Å². The van der Waals surface area contributed by atoms with Gasteiger partial charge in [0.1, 0.15) is 12.1 Å². The minimum atomic E-state index is -0.579. The number of amides is 2. The number of nitrogens with two attached hydrogens (primary N) is 1. The molecule has 3 aromatic rings. The van der Waals surface area contributed by atoms with Crippen molar-refractivity contribution in [2.24, 2.45) is 5.73 Å². The molecule has 0 aliphatic carbocycles. The molecule has 1 aromatic heterocycles. The Hall–Kier alpha value is -3.75. The second-order valence-corrected chi connectivity index (χ2v) is 6.91. The third kappa shape index (κ3) is 3.79. The molecular weight excluding hydrogens is 372 g/mol. The second-order valence-electron chi connectivity index (χ2n) is 6.91. The zero-order valence-electron chi connectivity index (χ0n) is 15.7. The first-order chi connectivity index (χ1) is 14.0. The van der Waals surface area contributed by atoms with Gasteiger partial charge in [-0.15, -0.1) is 5.10 Å². The summed E-state index contributed by atoms with van der Waals surface area (Å²) in [4.78, 5) is 38.9. The van der Waals surface area contributed by atoms with Crippen molar-refractivity contribution < 1.29 is 9.59 Å². The molecule has 148 valence electrons. The number of hydrogen-bond donors (Lipinski definition) is 2. The molecule has 0 unspecified atom stereocenters. The number of rotatable bonds is 5. The fraction of sp³-hybridized carbons (Fsp3) is 0.250. The van der Waals surface area contributed by atoms with Crippen molar-refractivity contribution in [2.45, 2.75) is 19.4 Å². The summed E-state index contributed by atoms with van der Waals surface area (Å²) in [6, 6.07) is 11.8. The Bertz CT molecular complexity index is 1150. The number of fused-ring (bicyclic) bond motifs is 1. The molecule has 1 fully saturated rings. The molecule has 0 saturated carbocycles. The molecule has 1 aliphatic rings. The van der Waals surface area contributed by atoms with E-state index in [1.807, 2.05) is 0 Å². The molecule has 2 heterocycles. The van der Waals surface area contributed by atoms with Crippen LogP contribution in [0.1, 0.15) is 23.2 Å². The summed E-state index contributed by atoms with van der Waals surface area (Å²) >= 11 is 0. The standard InChI is InChI=1S/C20H20N6O3/c21-19(28)13-7-8-17(25-9-3-4-10-25)16(11-13)22-18(27)12-26-20(29)14-5-1-2-6-15(14)23-24-26/h1-2,5-8,11H,3-4,9-10,12H2,(H2,21,28)(H,22,27). The highest BCUT2D eigenvalue weighted by atomic mass is 16.2. The normalized spacial score (nSPS) is 13.6. The molecule has 0 radical (unpaired) electrons. The molecule has 2 amide bonds. The van der Waals surface area contributed by atoms with E-state index in [9.17, 15) is 14.4 Å². The minimum Gasteiger partial charge on any atom is -0.370 e. The van der Waals surface area contributed by atoms with Crippen molar-refractivity contribution in [1.29, 1.82) is 0 Å². The van der Waals surface area contributed by atoms with Crippen LogP contribution in [0.5, 0.6) is 0 Å². The SMILES string of the molecule is NC(=O)c1ccc(N2CCCC2)c(NC(=O)Cn2nnc3ccccc3c2=O)c1. The summed E-state index contributed by atoms with van der Waals surface area (Å²) in [5.74, 6) is -1.02. The highest BCUT2D eigenvalue weighted by Crippen LogP contribution is 2.30. The zero-order chi connectivity index (χ0) is 20.4. The monoisotopic (exact) mass is 392 g/mol. The van der Waals surface area contributed by atoms with Gasteiger partial charge in [0, 0.05) is 18.7 Å². The van der Waals surface area contributed by atoms with E-state index < -0.39 is 17.4 Å². The van der Waals surface area contributed by atoms with Crippen molar-refractivity contribution in [3.8, 4) is 0 Å². The van der Waals surface area contributed by atoms with E-state index in [4.69, 9.17) is 5.73 Å². The third-order valence-corrected chi connectivity index (χ3v) is 4.92. The predicted octanol–water partition coefficient (Wildman–Crippen LogP) is 1.13. The third-order valence-electron chi connectivity index (χ3n) is 4.92. The van der Waals surface area contributed by atoms with E-state index in [0.717, 1.165) is 36.3 Å². The van der Waals surface area contributed by atoms with Gasteiger partial charge in [0.15, 0.2) is 0 Å². The van der Waals surface area contributed by atoms with Crippen molar-refractivity contribution in [3.63, 3.8) is 0 Å². The first-order valence-electron chi connectivity index (χ1n) is 9.34. The van der Waals surface area contributed by atoms with E-state index in [2.05, 4.69) is 20.5 Å². The van der Waals surface area contributed by atoms with Crippen LogP contribution in [0, 0.1) is 0 Å². The molecule has 3 N–H and O–H groups in total. The molecule has 0 bridgehead atoms. The lowest BCUT2D eigenvalue weighted by atomic mass is 10.1. The summed E-state index contributed by atoms with van der Waals surface area (Å²) in [5, 5.41) is 11.0. The van der Waals surface area contributed by atoms with Crippen LogP contribution in [0.2, 0.25) is 0 Å². The average Bonchev–Trinajstić information content (AvgIpc) is 3.25. The molecular formula is C20H20N6O3. The van der Waals surface area contributed by atoms with Gasteiger partial charge in [-0.1, -0.05) is 17.3 Å². The van der Waals surface area contributed by atoms with Gasteiger partial charge in [-0.3, -0.25) is 14.4 Å². The van der Waals surface area contributed by atoms with Gasteiger partial charge in [0.25, 0.3) is 5.56 Å². The number of benzene rings is 2. The highest BCUT2D eigenvalue weighted by molar-refractivity contribution is 5.99. The Morgan fingerprint density at radius 3 is 2.62 bits per heavy atom. The van der Waals surface area contributed by atoms with Crippen LogP contribution < -0.4 is 21.5 Å². The van der Waals surface area contributed by atoms with Gasteiger partial charge >= 0.3 is 0 Å². The first kappa shape index (κ1) is 18.6. The van der Waals surface area contributed by atoms with Crippen LogP contribution >= 0.6 is 0 Å². The molecule has 2 aromatic carbocycles. The van der Waals surface area contributed by atoms with Crippen LogP contribution in [0.3, 0.4) is 0 Å². The van der Waals surface area contributed by atoms with E-state index >= 15 is 0 Å². The number of nitrogens with one attached hydrogen (secondary N) is 1. The minimum absolute atomic E-state index is 0.295. The smallest absolute Gasteiger partial charge is 0.278 e. The number of hydrogen-bond acceptors (Lipinski definition) is 6. The quantitative estimate of drug-likeness (QED) is 0.671. The van der Waals surface area contributed by atoms with Crippen molar-refractivity contribution in [2.75, 3.05) is 23.3 Å². The molecule has 29 heavy (non-hydrogen) atoms. The first-order valence-corrected chi connectivity index (χ1v) is 9.34. The molecule has 0 spiro atoms. The van der Waals surface area contributed by atoms with Gasteiger partial charge in [0.05, 0.1) is 16.8 Å². The van der Waals surface area contributed by atoms with E-state index in [-0.39, 0.29) is 6.54 Å². The van der Waals surface area contributed by atoms with Gasteiger partial charge in [0.2, 0.25) is 11.8 Å². The van der Waals surface area contributed by atoms with Gasteiger partial charge in [-0.2, -0.15) is 0 Å².